The maximum absolute atomic E-state index is 5.72. The fourth-order valence-corrected chi connectivity index (χ4v) is 3.29. The Kier molecular flexibility index (Phi) is 3.18. The van der Waals surface area contributed by atoms with Crippen LogP contribution in [0, 0.1) is 6.92 Å². The van der Waals surface area contributed by atoms with E-state index in [1.807, 2.05) is 0 Å². The van der Waals surface area contributed by atoms with Crippen LogP contribution in [0.2, 0.25) is 0 Å². The Hall–Kier alpha value is -1.20. The highest BCUT2D eigenvalue weighted by atomic mass is 32.1. The number of hydrogen-bond acceptors (Lipinski definition) is 4. The predicted molar refractivity (Wildman–Crippen MR) is 73.2 cm³/mol. The molecule has 0 amide bonds. The van der Waals surface area contributed by atoms with Gasteiger partial charge in [0.1, 0.15) is 0 Å². The summed E-state index contributed by atoms with van der Waals surface area (Å²) >= 11 is 1.77. The molecule has 0 bridgehead atoms. The molecular formula is C14H16N2OS. The molecule has 2 aromatic rings. The second kappa shape index (κ2) is 4.82. The van der Waals surface area contributed by atoms with E-state index in [4.69, 9.17) is 10.6 Å². The van der Waals surface area contributed by atoms with Gasteiger partial charge in [0.15, 0.2) is 0 Å². The molecule has 0 radical (unpaired) electrons. The molecule has 0 saturated heterocycles. The van der Waals surface area contributed by atoms with Crippen molar-refractivity contribution in [1.82, 2.24) is 5.43 Å². The first-order chi connectivity index (χ1) is 8.78. The lowest BCUT2D eigenvalue weighted by Gasteiger charge is -2.15. The normalized spacial score (nSPS) is 15.7. The highest BCUT2D eigenvalue weighted by Crippen LogP contribution is 2.30. The maximum Gasteiger partial charge on any atom is 0.0802 e. The molecule has 4 heteroatoms. The van der Waals surface area contributed by atoms with Gasteiger partial charge in [0, 0.05) is 9.75 Å². The van der Waals surface area contributed by atoms with Gasteiger partial charge in [-0.1, -0.05) is 18.2 Å². The second-order valence-corrected chi connectivity index (χ2v) is 5.89. The van der Waals surface area contributed by atoms with Gasteiger partial charge < -0.3 is 4.74 Å². The number of thiophene rings is 1. The minimum atomic E-state index is 0.0644. The lowest BCUT2D eigenvalue weighted by Crippen LogP contribution is -2.28. The summed E-state index contributed by atoms with van der Waals surface area (Å²) in [6, 6.07) is 10.8. The van der Waals surface area contributed by atoms with Gasteiger partial charge in [0.2, 0.25) is 0 Å². The van der Waals surface area contributed by atoms with Crippen LogP contribution in [0.4, 0.5) is 0 Å². The first-order valence-electron chi connectivity index (χ1n) is 6.00. The third-order valence-corrected chi connectivity index (χ3v) is 4.36. The number of benzene rings is 1. The molecule has 1 aromatic heterocycles. The van der Waals surface area contributed by atoms with Gasteiger partial charge in [0.05, 0.1) is 19.3 Å². The topological polar surface area (TPSA) is 47.3 Å². The molecule has 1 aromatic carbocycles. The molecular weight excluding hydrogens is 244 g/mol. The van der Waals surface area contributed by atoms with E-state index >= 15 is 0 Å². The number of rotatable bonds is 3. The molecule has 1 atom stereocenters. The standard InChI is InChI=1S/C14H16N2OS/c1-9-2-5-13(18-9)14(16-15)10-3-4-11-7-17-8-12(11)6-10/h2-6,14,16H,7-8,15H2,1H3. The molecule has 0 fully saturated rings. The number of ether oxygens (including phenoxy) is 1. The van der Waals surface area contributed by atoms with Crippen LogP contribution in [-0.4, -0.2) is 0 Å². The SMILES string of the molecule is Cc1ccc(C(NN)c2ccc3c(c2)COC3)s1. The van der Waals surface area contributed by atoms with Crippen LogP contribution in [0.25, 0.3) is 0 Å². The first-order valence-corrected chi connectivity index (χ1v) is 6.81. The molecule has 3 nitrogen and oxygen atoms in total. The van der Waals surface area contributed by atoms with Crippen LogP contribution in [0.3, 0.4) is 0 Å². The molecule has 3 N–H and O–H groups in total. The van der Waals surface area contributed by atoms with E-state index in [0.717, 1.165) is 6.61 Å². The summed E-state index contributed by atoms with van der Waals surface area (Å²) in [6.45, 7) is 3.55. The van der Waals surface area contributed by atoms with Crippen molar-refractivity contribution in [3.8, 4) is 0 Å². The Morgan fingerprint density at radius 1 is 1.22 bits per heavy atom. The van der Waals surface area contributed by atoms with E-state index in [-0.39, 0.29) is 6.04 Å². The van der Waals surface area contributed by atoms with Gasteiger partial charge in [-0.05, 0) is 35.7 Å². The number of hydrazine groups is 1. The first kappa shape index (κ1) is 11.9. The molecule has 18 heavy (non-hydrogen) atoms. The summed E-state index contributed by atoms with van der Waals surface area (Å²) in [7, 11) is 0. The Bertz CT molecular complexity index is 565. The van der Waals surface area contributed by atoms with Gasteiger partial charge >= 0.3 is 0 Å². The third-order valence-electron chi connectivity index (χ3n) is 3.29. The Balaban J connectivity index is 1.96. The minimum Gasteiger partial charge on any atom is -0.372 e. The van der Waals surface area contributed by atoms with E-state index < -0.39 is 0 Å². The average Bonchev–Trinajstić information content (AvgIpc) is 2.99. The monoisotopic (exact) mass is 260 g/mol. The van der Waals surface area contributed by atoms with Crippen LogP contribution in [0.1, 0.15) is 32.5 Å². The number of nitrogens with two attached hydrogens (primary N) is 1. The van der Waals surface area contributed by atoms with Crippen LogP contribution >= 0.6 is 11.3 Å². The van der Waals surface area contributed by atoms with E-state index in [0.29, 0.717) is 6.61 Å². The fraction of sp³-hybridized carbons (Fsp3) is 0.286. The number of hydrogen-bond donors (Lipinski definition) is 2. The molecule has 1 aliphatic heterocycles. The van der Waals surface area contributed by atoms with Gasteiger partial charge in [-0.2, -0.15) is 0 Å². The van der Waals surface area contributed by atoms with Crippen LogP contribution < -0.4 is 11.3 Å². The minimum absolute atomic E-state index is 0.0644. The fourth-order valence-electron chi connectivity index (χ4n) is 2.32. The van der Waals surface area contributed by atoms with Crippen molar-refractivity contribution in [2.24, 2.45) is 5.84 Å². The van der Waals surface area contributed by atoms with Gasteiger partial charge in [-0.15, -0.1) is 11.3 Å². The van der Waals surface area contributed by atoms with Crippen molar-refractivity contribution in [2.45, 2.75) is 26.2 Å². The number of aryl methyl sites for hydroxylation is 1. The summed E-state index contributed by atoms with van der Waals surface area (Å²) in [4.78, 5) is 2.55. The highest BCUT2D eigenvalue weighted by molar-refractivity contribution is 7.12. The van der Waals surface area contributed by atoms with Gasteiger partial charge in [-0.25, -0.2) is 5.43 Å². The van der Waals surface area contributed by atoms with Crippen LogP contribution in [-0.2, 0) is 18.0 Å². The Morgan fingerprint density at radius 3 is 2.78 bits per heavy atom. The van der Waals surface area contributed by atoms with Crippen molar-refractivity contribution in [2.75, 3.05) is 0 Å². The lowest BCUT2D eigenvalue weighted by atomic mass is 10.0. The zero-order valence-corrected chi connectivity index (χ0v) is 11.1. The molecule has 2 heterocycles. The van der Waals surface area contributed by atoms with Gasteiger partial charge in [-0.3, -0.25) is 5.84 Å². The molecule has 0 spiro atoms. The molecule has 3 rings (SSSR count). The smallest absolute Gasteiger partial charge is 0.0802 e. The molecule has 1 aliphatic rings. The predicted octanol–water partition coefficient (Wildman–Crippen LogP) is 2.64. The lowest BCUT2D eigenvalue weighted by molar-refractivity contribution is 0.134. The maximum atomic E-state index is 5.72. The zero-order chi connectivity index (χ0) is 12.5. The van der Waals surface area contributed by atoms with Crippen molar-refractivity contribution in [3.05, 3.63) is 56.8 Å². The van der Waals surface area contributed by atoms with Crippen molar-refractivity contribution in [3.63, 3.8) is 0 Å². The van der Waals surface area contributed by atoms with Gasteiger partial charge in [0.25, 0.3) is 0 Å². The number of nitrogens with one attached hydrogen (secondary N) is 1. The largest absolute Gasteiger partial charge is 0.372 e. The second-order valence-electron chi connectivity index (χ2n) is 4.57. The Morgan fingerprint density at radius 2 is 2.06 bits per heavy atom. The van der Waals surface area contributed by atoms with E-state index in [1.54, 1.807) is 11.3 Å². The molecule has 1 unspecified atom stereocenters. The summed E-state index contributed by atoms with van der Waals surface area (Å²) in [5.74, 6) is 5.72. The molecule has 0 aliphatic carbocycles. The summed E-state index contributed by atoms with van der Waals surface area (Å²) < 4.78 is 5.44. The van der Waals surface area contributed by atoms with Crippen molar-refractivity contribution < 1.29 is 4.74 Å². The summed E-state index contributed by atoms with van der Waals surface area (Å²) in [5, 5.41) is 0. The molecule has 94 valence electrons. The Labute approximate surface area is 111 Å². The summed E-state index contributed by atoms with van der Waals surface area (Å²) in [6.07, 6.45) is 0. The quantitative estimate of drug-likeness (QED) is 0.659. The summed E-state index contributed by atoms with van der Waals surface area (Å²) in [5.41, 5.74) is 6.67. The average molecular weight is 260 g/mol. The molecule has 0 saturated carbocycles. The van der Waals surface area contributed by atoms with E-state index in [1.165, 1.54) is 26.4 Å². The van der Waals surface area contributed by atoms with E-state index in [9.17, 15) is 0 Å². The third kappa shape index (κ3) is 2.08. The zero-order valence-electron chi connectivity index (χ0n) is 10.3. The number of fused-ring (bicyclic) bond motifs is 1. The van der Waals surface area contributed by atoms with Crippen molar-refractivity contribution >= 4 is 11.3 Å². The van der Waals surface area contributed by atoms with E-state index in [2.05, 4.69) is 42.7 Å². The van der Waals surface area contributed by atoms with Crippen LogP contribution in [0.5, 0.6) is 0 Å². The highest BCUT2D eigenvalue weighted by Gasteiger charge is 2.18. The van der Waals surface area contributed by atoms with Crippen molar-refractivity contribution in [1.29, 1.82) is 0 Å². The van der Waals surface area contributed by atoms with Crippen LogP contribution in [0.15, 0.2) is 30.3 Å².